The first-order valence-corrected chi connectivity index (χ1v) is 5.96. The molecule has 0 aliphatic heterocycles. The molecule has 0 fully saturated rings. The van der Waals surface area contributed by atoms with Crippen LogP contribution >= 0.6 is 0 Å². The van der Waals surface area contributed by atoms with Gasteiger partial charge >= 0.3 is 5.97 Å². The first kappa shape index (κ1) is 13.1. The topological polar surface area (TPSA) is 68.4 Å². The highest BCUT2D eigenvalue weighted by molar-refractivity contribution is 6.41. The summed E-state index contributed by atoms with van der Waals surface area (Å²) in [6, 6.07) is 5.44. The van der Waals surface area contributed by atoms with Gasteiger partial charge in [-0.05, 0) is 31.5 Å². The molecule has 100 valence electrons. The summed E-state index contributed by atoms with van der Waals surface area (Å²) in [4.78, 5) is 26.4. The van der Waals surface area contributed by atoms with Crippen LogP contribution in [0.5, 0.6) is 5.75 Å². The summed E-state index contributed by atoms with van der Waals surface area (Å²) in [5.74, 6) is -0.817. The van der Waals surface area contributed by atoms with Crippen LogP contribution in [-0.2, 0) is 9.53 Å². The number of H-pyrrole nitrogens is 1. The lowest BCUT2D eigenvalue weighted by molar-refractivity contribution is -0.137. The molecule has 0 spiro atoms. The number of carbonyl (C=O) groups is 2. The Morgan fingerprint density at radius 2 is 2.05 bits per heavy atom. The van der Waals surface area contributed by atoms with E-state index >= 15 is 0 Å². The highest BCUT2D eigenvalue weighted by Crippen LogP contribution is 2.26. The number of ether oxygens (including phenoxy) is 2. The Balaban J connectivity index is 2.47. The van der Waals surface area contributed by atoms with Gasteiger partial charge in [0.1, 0.15) is 5.75 Å². The van der Waals surface area contributed by atoms with Gasteiger partial charge in [-0.2, -0.15) is 0 Å². The van der Waals surface area contributed by atoms with Crippen LogP contribution in [0.25, 0.3) is 10.9 Å². The first-order valence-electron chi connectivity index (χ1n) is 5.96. The lowest BCUT2D eigenvalue weighted by Crippen LogP contribution is -2.18. The fourth-order valence-corrected chi connectivity index (χ4v) is 1.97. The average Bonchev–Trinajstić information content (AvgIpc) is 2.74. The quantitative estimate of drug-likeness (QED) is 0.520. The molecule has 0 radical (unpaired) electrons. The molecule has 0 bridgehead atoms. The van der Waals surface area contributed by atoms with E-state index in [2.05, 4.69) is 4.98 Å². The largest absolute Gasteiger partial charge is 0.497 e. The molecule has 0 unspecified atom stereocenters. The molecule has 1 aromatic heterocycles. The maximum absolute atomic E-state index is 11.9. The van der Waals surface area contributed by atoms with Crippen LogP contribution in [-0.4, -0.2) is 30.5 Å². The number of hydrogen-bond donors (Lipinski definition) is 1. The SMILES string of the molecule is CCOC(=O)C(=O)c1[nH]c2cc(OC)ccc2c1C. The van der Waals surface area contributed by atoms with Crippen LogP contribution in [0.4, 0.5) is 0 Å². The van der Waals surface area contributed by atoms with Crippen molar-refractivity contribution in [1.82, 2.24) is 4.98 Å². The molecule has 0 aliphatic rings. The van der Waals surface area contributed by atoms with Crippen LogP contribution in [0.1, 0.15) is 23.0 Å². The monoisotopic (exact) mass is 261 g/mol. The normalized spacial score (nSPS) is 10.5. The molecular weight excluding hydrogens is 246 g/mol. The van der Waals surface area contributed by atoms with Gasteiger partial charge in [-0.1, -0.05) is 0 Å². The zero-order valence-corrected chi connectivity index (χ0v) is 11.1. The third-order valence-electron chi connectivity index (χ3n) is 2.95. The smallest absolute Gasteiger partial charge is 0.381 e. The molecule has 0 aliphatic carbocycles. The maximum atomic E-state index is 11.9. The lowest BCUT2D eigenvalue weighted by Gasteiger charge is -1.99. The van der Waals surface area contributed by atoms with Crippen molar-refractivity contribution < 1.29 is 19.1 Å². The number of benzene rings is 1. The third kappa shape index (κ3) is 2.31. The van der Waals surface area contributed by atoms with Crippen molar-refractivity contribution in [3.05, 3.63) is 29.5 Å². The van der Waals surface area contributed by atoms with Crippen molar-refractivity contribution in [2.75, 3.05) is 13.7 Å². The van der Waals surface area contributed by atoms with Crippen molar-refractivity contribution in [1.29, 1.82) is 0 Å². The number of hydrogen-bond acceptors (Lipinski definition) is 4. The van der Waals surface area contributed by atoms with E-state index in [9.17, 15) is 9.59 Å². The van der Waals surface area contributed by atoms with Crippen LogP contribution in [0, 0.1) is 6.92 Å². The Morgan fingerprint density at radius 1 is 1.32 bits per heavy atom. The number of nitrogens with one attached hydrogen (secondary N) is 1. The lowest BCUT2D eigenvalue weighted by atomic mass is 10.1. The molecule has 0 amide bonds. The molecule has 0 saturated heterocycles. The molecular formula is C14H15NO4. The molecule has 1 aromatic carbocycles. The number of aromatic nitrogens is 1. The predicted molar refractivity (Wildman–Crippen MR) is 70.6 cm³/mol. The van der Waals surface area contributed by atoms with E-state index in [0.29, 0.717) is 5.75 Å². The van der Waals surface area contributed by atoms with E-state index in [1.807, 2.05) is 12.1 Å². The molecule has 1 heterocycles. The summed E-state index contributed by atoms with van der Waals surface area (Å²) in [6.07, 6.45) is 0. The summed E-state index contributed by atoms with van der Waals surface area (Å²) in [7, 11) is 1.57. The third-order valence-corrected chi connectivity index (χ3v) is 2.95. The van der Waals surface area contributed by atoms with Crippen LogP contribution < -0.4 is 4.74 Å². The first-order chi connectivity index (χ1) is 9.08. The van der Waals surface area contributed by atoms with Gasteiger partial charge in [0, 0.05) is 17.0 Å². The van der Waals surface area contributed by atoms with E-state index in [-0.39, 0.29) is 12.3 Å². The zero-order valence-electron chi connectivity index (χ0n) is 11.1. The van der Waals surface area contributed by atoms with Gasteiger partial charge in [0.2, 0.25) is 0 Å². The number of aromatic amines is 1. The van der Waals surface area contributed by atoms with Gasteiger partial charge in [-0.3, -0.25) is 4.79 Å². The number of ketones is 1. The molecule has 0 atom stereocenters. The Labute approximate surface area is 110 Å². The number of fused-ring (bicyclic) bond motifs is 1. The molecule has 2 aromatic rings. The van der Waals surface area contributed by atoms with Gasteiger partial charge in [-0.25, -0.2) is 4.79 Å². The molecule has 19 heavy (non-hydrogen) atoms. The zero-order chi connectivity index (χ0) is 14.0. The fraction of sp³-hybridized carbons (Fsp3) is 0.286. The van der Waals surface area contributed by atoms with E-state index in [4.69, 9.17) is 9.47 Å². The second-order valence-corrected chi connectivity index (χ2v) is 4.09. The van der Waals surface area contributed by atoms with E-state index in [1.54, 1.807) is 27.0 Å². The van der Waals surface area contributed by atoms with Gasteiger partial charge in [-0.15, -0.1) is 0 Å². The second kappa shape index (κ2) is 5.14. The van der Waals surface area contributed by atoms with E-state index in [1.165, 1.54) is 0 Å². The van der Waals surface area contributed by atoms with Gasteiger partial charge in [0.05, 0.1) is 19.4 Å². The van der Waals surface area contributed by atoms with Crippen molar-refractivity contribution in [3.63, 3.8) is 0 Å². The number of carbonyl (C=O) groups excluding carboxylic acids is 2. The van der Waals surface area contributed by atoms with Crippen molar-refractivity contribution in [2.45, 2.75) is 13.8 Å². The predicted octanol–water partition coefficient (Wildman–Crippen LogP) is 2.23. The van der Waals surface area contributed by atoms with Crippen molar-refractivity contribution >= 4 is 22.7 Å². The van der Waals surface area contributed by atoms with E-state index < -0.39 is 11.8 Å². The summed E-state index contributed by atoms with van der Waals surface area (Å²) < 4.78 is 9.84. The van der Waals surface area contributed by atoms with Gasteiger partial charge < -0.3 is 14.5 Å². The van der Waals surface area contributed by atoms with Crippen molar-refractivity contribution in [3.8, 4) is 5.75 Å². The van der Waals surface area contributed by atoms with Crippen LogP contribution in [0.15, 0.2) is 18.2 Å². The minimum Gasteiger partial charge on any atom is -0.497 e. The standard InChI is InChI=1S/C14H15NO4/c1-4-19-14(17)13(16)12-8(2)10-6-5-9(18-3)7-11(10)15-12/h5-7,15H,4H2,1-3H3. The maximum Gasteiger partial charge on any atom is 0.381 e. The summed E-state index contributed by atoms with van der Waals surface area (Å²) in [5, 5.41) is 0.883. The Bertz CT molecular complexity index is 642. The Hall–Kier alpha value is -2.30. The second-order valence-electron chi connectivity index (χ2n) is 4.09. The number of Topliss-reactive ketones (excluding diaryl/α,β-unsaturated/α-hetero) is 1. The summed E-state index contributed by atoms with van der Waals surface area (Å²) in [5.41, 5.74) is 1.75. The Kier molecular flexibility index (Phi) is 3.55. The fourth-order valence-electron chi connectivity index (χ4n) is 1.97. The van der Waals surface area contributed by atoms with Crippen molar-refractivity contribution in [2.24, 2.45) is 0 Å². The highest BCUT2D eigenvalue weighted by atomic mass is 16.5. The van der Waals surface area contributed by atoms with E-state index in [0.717, 1.165) is 16.5 Å². The summed E-state index contributed by atoms with van der Waals surface area (Å²) in [6.45, 7) is 3.63. The number of aryl methyl sites for hydroxylation is 1. The molecule has 5 nitrogen and oxygen atoms in total. The molecule has 0 saturated carbocycles. The van der Waals surface area contributed by atoms with Gasteiger partial charge in [0.15, 0.2) is 0 Å². The molecule has 2 rings (SSSR count). The minimum atomic E-state index is -0.843. The number of methoxy groups -OCH3 is 1. The van der Waals surface area contributed by atoms with Crippen LogP contribution in [0.2, 0.25) is 0 Å². The molecule has 5 heteroatoms. The number of esters is 1. The summed E-state index contributed by atoms with van der Waals surface area (Å²) >= 11 is 0. The van der Waals surface area contributed by atoms with Gasteiger partial charge in [0.25, 0.3) is 5.78 Å². The highest BCUT2D eigenvalue weighted by Gasteiger charge is 2.22. The number of rotatable bonds is 4. The Morgan fingerprint density at radius 3 is 2.68 bits per heavy atom. The average molecular weight is 261 g/mol. The van der Waals surface area contributed by atoms with Crippen LogP contribution in [0.3, 0.4) is 0 Å². The molecule has 1 N–H and O–H groups in total. The minimum absolute atomic E-state index is 0.178.